The van der Waals surface area contributed by atoms with Crippen molar-refractivity contribution in [1.82, 2.24) is 35.0 Å². The van der Waals surface area contributed by atoms with E-state index in [4.69, 9.17) is 5.84 Å². The van der Waals surface area contributed by atoms with Gasteiger partial charge in [0, 0.05) is 7.05 Å². The highest BCUT2D eigenvalue weighted by Gasteiger charge is 2.11. The number of anilines is 1. The van der Waals surface area contributed by atoms with Gasteiger partial charge in [-0.2, -0.15) is 5.10 Å². The monoisotopic (exact) mass is 279 g/mol. The lowest BCUT2D eigenvalue weighted by Crippen LogP contribution is -2.24. The van der Waals surface area contributed by atoms with Crippen LogP contribution in [0.1, 0.15) is 5.01 Å². The van der Waals surface area contributed by atoms with Crippen LogP contribution in [0.3, 0.4) is 0 Å². The van der Waals surface area contributed by atoms with Gasteiger partial charge >= 0.3 is 0 Å². The Kier molecular flexibility index (Phi) is 2.68. The maximum atomic E-state index is 12.1. The minimum absolute atomic E-state index is 0.190. The number of nitrogen functional groups attached to an aromatic ring is 1. The summed E-state index contributed by atoms with van der Waals surface area (Å²) in [5, 5.41) is 20.9. The molecule has 19 heavy (non-hydrogen) atoms. The van der Waals surface area contributed by atoms with E-state index in [-0.39, 0.29) is 12.1 Å². The van der Waals surface area contributed by atoms with E-state index in [1.807, 2.05) is 0 Å². The molecule has 0 spiro atoms. The summed E-state index contributed by atoms with van der Waals surface area (Å²) in [5.41, 5.74) is 2.57. The minimum Gasteiger partial charge on any atom is -0.298 e. The van der Waals surface area contributed by atoms with Gasteiger partial charge in [-0.05, 0) is 0 Å². The molecule has 0 unspecified atom stereocenters. The summed E-state index contributed by atoms with van der Waals surface area (Å²) in [5.74, 6) is 5.21. The molecule has 0 saturated heterocycles. The maximum absolute atomic E-state index is 12.1. The van der Waals surface area contributed by atoms with E-state index in [1.54, 1.807) is 7.05 Å². The van der Waals surface area contributed by atoms with E-state index >= 15 is 0 Å². The van der Waals surface area contributed by atoms with Crippen molar-refractivity contribution in [3.05, 3.63) is 21.6 Å². The molecule has 0 aliphatic carbocycles. The van der Waals surface area contributed by atoms with Crippen LogP contribution in [0.15, 0.2) is 11.0 Å². The molecular weight excluding hydrogens is 270 g/mol. The van der Waals surface area contributed by atoms with Gasteiger partial charge in [0.05, 0.1) is 6.20 Å². The molecule has 3 aromatic heterocycles. The predicted molar refractivity (Wildman–Crippen MR) is 67.4 cm³/mol. The minimum atomic E-state index is -0.268. The summed E-state index contributed by atoms with van der Waals surface area (Å²) >= 11 is 1.24. The van der Waals surface area contributed by atoms with Gasteiger partial charge in [0.25, 0.3) is 5.56 Å². The normalized spacial score (nSPS) is 11.1. The Morgan fingerprint density at radius 1 is 1.42 bits per heavy atom. The maximum Gasteiger partial charge on any atom is 0.281 e. The fourth-order valence-electron chi connectivity index (χ4n) is 1.58. The number of aryl methyl sites for hydroxylation is 1. The zero-order valence-electron chi connectivity index (χ0n) is 9.81. The van der Waals surface area contributed by atoms with Gasteiger partial charge < -0.3 is 0 Å². The lowest BCUT2D eigenvalue weighted by Gasteiger charge is -1.99. The summed E-state index contributed by atoms with van der Waals surface area (Å²) in [6, 6.07) is 0. The molecule has 98 valence electrons. The fraction of sp³-hybridized carbons (Fsp3) is 0.250. The SMILES string of the molecule is Cn1ncc2c(=O)n(Cc3nnc(NN)s3)nnc21. The second-order valence-corrected chi connectivity index (χ2v) is 4.77. The molecule has 0 radical (unpaired) electrons. The van der Waals surface area contributed by atoms with Crippen LogP contribution in [-0.4, -0.2) is 35.0 Å². The molecule has 0 amide bonds. The van der Waals surface area contributed by atoms with Crippen LogP contribution in [0.4, 0.5) is 5.13 Å². The summed E-state index contributed by atoms with van der Waals surface area (Å²) < 4.78 is 2.71. The molecule has 0 saturated carbocycles. The van der Waals surface area contributed by atoms with Crippen LogP contribution in [0, 0.1) is 0 Å². The molecule has 10 nitrogen and oxygen atoms in total. The highest BCUT2D eigenvalue weighted by molar-refractivity contribution is 7.15. The number of aromatic nitrogens is 7. The molecule has 0 fully saturated rings. The smallest absolute Gasteiger partial charge is 0.281 e. The van der Waals surface area contributed by atoms with Crippen molar-refractivity contribution in [2.24, 2.45) is 12.9 Å². The number of hydrazine groups is 1. The molecule has 3 rings (SSSR count). The van der Waals surface area contributed by atoms with E-state index in [9.17, 15) is 4.79 Å². The van der Waals surface area contributed by atoms with Crippen molar-refractivity contribution in [3.63, 3.8) is 0 Å². The second kappa shape index (κ2) is 4.37. The molecule has 0 aromatic carbocycles. The first-order valence-corrected chi connectivity index (χ1v) is 6.05. The van der Waals surface area contributed by atoms with Crippen molar-refractivity contribution in [3.8, 4) is 0 Å². The Labute approximate surface area is 109 Å². The van der Waals surface area contributed by atoms with Gasteiger partial charge in [-0.15, -0.1) is 15.3 Å². The summed E-state index contributed by atoms with van der Waals surface area (Å²) in [4.78, 5) is 12.1. The summed E-state index contributed by atoms with van der Waals surface area (Å²) in [6.45, 7) is 0.190. The van der Waals surface area contributed by atoms with Crippen molar-refractivity contribution in [1.29, 1.82) is 0 Å². The molecule has 3 heterocycles. The average molecular weight is 279 g/mol. The van der Waals surface area contributed by atoms with Gasteiger partial charge in [0.15, 0.2) is 5.65 Å². The lowest BCUT2D eigenvalue weighted by molar-refractivity contribution is 0.590. The van der Waals surface area contributed by atoms with Crippen LogP contribution < -0.4 is 16.8 Å². The topological polar surface area (TPSA) is 129 Å². The van der Waals surface area contributed by atoms with Gasteiger partial charge in [-0.1, -0.05) is 16.6 Å². The molecule has 3 N–H and O–H groups in total. The van der Waals surface area contributed by atoms with Gasteiger partial charge in [0.1, 0.15) is 16.9 Å². The number of nitrogens with zero attached hydrogens (tertiary/aromatic N) is 7. The van der Waals surface area contributed by atoms with Crippen molar-refractivity contribution >= 4 is 27.5 Å². The van der Waals surface area contributed by atoms with E-state index in [1.165, 1.54) is 26.9 Å². The van der Waals surface area contributed by atoms with Gasteiger partial charge in [0.2, 0.25) is 5.13 Å². The first-order valence-electron chi connectivity index (χ1n) is 5.23. The Morgan fingerprint density at radius 2 is 2.26 bits per heavy atom. The quantitative estimate of drug-likeness (QED) is 0.447. The van der Waals surface area contributed by atoms with Crippen molar-refractivity contribution in [2.75, 3.05) is 5.43 Å². The van der Waals surface area contributed by atoms with E-state index in [0.29, 0.717) is 21.2 Å². The number of rotatable bonds is 3. The number of fused-ring (bicyclic) bond motifs is 1. The largest absolute Gasteiger partial charge is 0.298 e. The first-order chi connectivity index (χ1) is 9.19. The Morgan fingerprint density at radius 3 is 3.00 bits per heavy atom. The van der Waals surface area contributed by atoms with E-state index < -0.39 is 0 Å². The molecule has 3 aromatic rings. The third kappa shape index (κ3) is 1.94. The Bertz CT molecular complexity index is 787. The van der Waals surface area contributed by atoms with Crippen LogP contribution in [0.5, 0.6) is 0 Å². The van der Waals surface area contributed by atoms with Crippen LogP contribution in [-0.2, 0) is 13.6 Å². The third-order valence-electron chi connectivity index (χ3n) is 2.50. The highest BCUT2D eigenvalue weighted by Crippen LogP contribution is 2.14. The van der Waals surface area contributed by atoms with Crippen molar-refractivity contribution < 1.29 is 0 Å². The van der Waals surface area contributed by atoms with E-state index in [0.717, 1.165) is 0 Å². The van der Waals surface area contributed by atoms with Gasteiger partial charge in [-0.25, -0.2) is 15.2 Å². The lowest BCUT2D eigenvalue weighted by atomic mass is 10.4. The summed E-state index contributed by atoms with van der Waals surface area (Å²) in [7, 11) is 1.70. The molecule has 0 atom stereocenters. The zero-order valence-corrected chi connectivity index (χ0v) is 10.6. The molecule has 0 aliphatic rings. The Hall–Kier alpha value is -2.40. The first kappa shape index (κ1) is 11.7. The molecule has 11 heteroatoms. The molecule has 0 aliphatic heterocycles. The zero-order chi connectivity index (χ0) is 13.4. The Balaban J connectivity index is 2.01. The average Bonchev–Trinajstić information content (AvgIpc) is 3.00. The van der Waals surface area contributed by atoms with Crippen LogP contribution in [0.2, 0.25) is 0 Å². The number of nitrogens with two attached hydrogens (primary N) is 1. The molecular formula is C8H9N9OS. The standard InChI is InChI=1S/C8H9N9OS/c1-16-6-4(2-10-16)7(18)17(15-13-6)3-5-12-14-8(11-9)19-5/h2H,3,9H2,1H3,(H,11,14). The van der Waals surface area contributed by atoms with E-state index in [2.05, 4.69) is 31.0 Å². The van der Waals surface area contributed by atoms with Gasteiger partial charge in [-0.3, -0.25) is 10.2 Å². The summed E-state index contributed by atoms with van der Waals surface area (Å²) in [6.07, 6.45) is 1.47. The van der Waals surface area contributed by atoms with Crippen LogP contribution in [0.25, 0.3) is 11.0 Å². The number of nitrogens with one attached hydrogen (secondary N) is 1. The molecule has 0 bridgehead atoms. The predicted octanol–water partition coefficient (Wildman–Crippen LogP) is -1.29. The third-order valence-corrected chi connectivity index (χ3v) is 3.33. The van der Waals surface area contributed by atoms with Crippen molar-refractivity contribution in [2.45, 2.75) is 6.54 Å². The highest BCUT2D eigenvalue weighted by atomic mass is 32.1. The fourth-order valence-corrected chi connectivity index (χ4v) is 2.22. The second-order valence-electron chi connectivity index (χ2n) is 3.70. The number of hydrogen-bond donors (Lipinski definition) is 2. The van der Waals surface area contributed by atoms with Crippen LogP contribution >= 0.6 is 11.3 Å². The number of hydrogen-bond acceptors (Lipinski definition) is 9.